The number of allylic oxidation sites excluding steroid dienone is 2. The van der Waals surface area contributed by atoms with Crippen molar-refractivity contribution in [2.45, 2.75) is 32.7 Å². The zero-order valence-corrected chi connectivity index (χ0v) is 18.6. The molecule has 2 N–H and O–H groups in total. The van der Waals surface area contributed by atoms with E-state index in [1.807, 2.05) is 12.1 Å². The zero-order valence-electron chi connectivity index (χ0n) is 18.6. The fraction of sp³-hybridized carbons (Fsp3) is 0.320. The second kappa shape index (κ2) is 10.7. The Morgan fingerprint density at radius 3 is 2.52 bits per heavy atom. The number of nitrogens with one attached hydrogen (secondary N) is 2. The van der Waals surface area contributed by atoms with Crippen LogP contribution in [0.4, 0.5) is 5.69 Å². The molecule has 6 heteroatoms. The lowest BCUT2D eigenvalue weighted by Crippen LogP contribution is -2.32. The Labute approximate surface area is 184 Å². The quantitative estimate of drug-likeness (QED) is 0.471. The van der Waals surface area contributed by atoms with E-state index in [1.54, 1.807) is 14.1 Å². The molecule has 0 bridgehead atoms. The van der Waals surface area contributed by atoms with Gasteiger partial charge in [0, 0.05) is 31.3 Å². The molecule has 2 aromatic rings. The molecule has 0 aliphatic carbocycles. The molecule has 1 amide bonds. The summed E-state index contributed by atoms with van der Waals surface area (Å²) in [6.07, 6.45) is 1.81. The number of azo groups is 1. The third-order valence-corrected chi connectivity index (χ3v) is 5.45. The van der Waals surface area contributed by atoms with Gasteiger partial charge in [-0.05, 0) is 42.7 Å². The molecule has 0 fully saturated rings. The molecule has 0 atom stereocenters. The first-order valence-corrected chi connectivity index (χ1v) is 10.7. The van der Waals surface area contributed by atoms with E-state index in [9.17, 15) is 4.79 Å². The van der Waals surface area contributed by atoms with Gasteiger partial charge in [0.05, 0.1) is 18.1 Å². The first kappa shape index (κ1) is 22.4. The molecule has 2 aromatic carbocycles. The molecule has 3 rings (SSSR count). The number of hydrogen-bond donors (Lipinski definition) is 2. The molecule has 1 aliphatic rings. The lowest BCUT2D eigenvalue weighted by molar-refractivity contribution is -0.121. The van der Waals surface area contributed by atoms with Crippen LogP contribution >= 0.6 is 0 Å². The minimum Gasteiger partial charge on any atom is -0.344 e. The van der Waals surface area contributed by atoms with Gasteiger partial charge in [-0.3, -0.25) is 4.79 Å². The Morgan fingerprint density at radius 1 is 1.10 bits per heavy atom. The van der Waals surface area contributed by atoms with Crippen molar-refractivity contribution in [3.05, 3.63) is 77.5 Å². The van der Waals surface area contributed by atoms with Crippen molar-refractivity contribution < 1.29 is 4.79 Å². The molecular formula is C25H31N5O. The summed E-state index contributed by atoms with van der Waals surface area (Å²) in [7, 11) is 3.51. The summed E-state index contributed by atoms with van der Waals surface area (Å²) in [6.45, 7) is 7.64. The SMILES string of the molecule is C=C(CCC(=O)NCNC)N1Cc2ccccc2/C(CC)=C(/N=N\C)c2ccccc21. The van der Waals surface area contributed by atoms with Gasteiger partial charge >= 0.3 is 0 Å². The number of anilines is 1. The van der Waals surface area contributed by atoms with Crippen LogP contribution in [-0.2, 0) is 11.3 Å². The smallest absolute Gasteiger partial charge is 0.221 e. The minimum atomic E-state index is 0.00451. The van der Waals surface area contributed by atoms with Crippen LogP contribution in [0.1, 0.15) is 42.9 Å². The molecule has 6 nitrogen and oxygen atoms in total. The van der Waals surface area contributed by atoms with E-state index >= 15 is 0 Å². The predicted molar refractivity (Wildman–Crippen MR) is 127 cm³/mol. The van der Waals surface area contributed by atoms with Crippen LogP contribution in [0.25, 0.3) is 11.3 Å². The van der Waals surface area contributed by atoms with Crippen LogP contribution in [0.15, 0.2) is 71.0 Å². The highest BCUT2D eigenvalue weighted by Crippen LogP contribution is 2.41. The van der Waals surface area contributed by atoms with E-state index in [0.29, 0.717) is 26.1 Å². The summed E-state index contributed by atoms with van der Waals surface area (Å²) in [5.41, 5.74) is 7.42. The molecule has 162 valence electrons. The molecule has 0 saturated heterocycles. The van der Waals surface area contributed by atoms with E-state index < -0.39 is 0 Å². The number of benzene rings is 2. The van der Waals surface area contributed by atoms with Gasteiger partial charge in [0.25, 0.3) is 0 Å². The number of nitrogens with zero attached hydrogens (tertiary/aromatic N) is 3. The largest absolute Gasteiger partial charge is 0.344 e. The summed E-state index contributed by atoms with van der Waals surface area (Å²) >= 11 is 0. The van der Waals surface area contributed by atoms with Crippen LogP contribution in [0.2, 0.25) is 0 Å². The van der Waals surface area contributed by atoms with Crippen molar-refractivity contribution in [2.75, 3.05) is 25.7 Å². The predicted octanol–water partition coefficient (Wildman–Crippen LogP) is 4.95. The molecular weight excluding hydrogens is 386 g/mol. The molecule has 0 aromatic heterocycles. The van der Waals surface area contributed by atoms with E-state index in [-0.39, 0.29) is 5.91 Å². The molecule has 31 heavy (non-hydrogen) atoms. The van der Waals surface area contributed by atoms with Crippen LogP contribution in [0, 0.1) is 0 Å². The van der Waals surface area contributed by atoms with Crippen molar-refractivity contribution in [3.8, 4) is 0 Å². The molecule has 0 saturated carbocycles. The number of fused-ring (bicyclic) bond motifs is 2. The summed E-state index contributed by atoms with van der Waals surface area (Å²) < 4.78 is 0. The van der Waals surface area contributed by atoms with Gasteiger partial charge in [-0.25, -0.2) is 0 Å². The Kier molecular flexibility index (Phi) is 7.73. The van der Waals surface area contributed by atoms with E-state index in [4.69, 9.17) is 0 Å². The van der Waals surface area contributed by atoms with Crippen LogP contribution in [0.5, 0.6) is 0 Å². The van der Waals surface area contributed by atoms with Gasteiger partial charge in [0.1, 0.15) is 0 Å². The van der Waals surface area contributed by atoms with Gasteiger partial charge < -0.3 is 15.5 Å². The topological polar surface area (TPSA) is 69.1 Å². The minimum absolute atomic E-state index is 0.00451. The normalized spacial score (nSPS) is 15.8. The van der Waals surface area contributed by atoms with Crippen LogP contribution in [0.3, 0.4) is 0 Å². The second-order valence-electron chi connectivity index (χ2n) is 7.44. The van der Waals surface area contributed by atoms with Gasteiger partial charge in [-0.1, -0.05) is 56.0 Å². The van der Waals surface area contributed by atoms with Crippen molar-refractivity contribution in [1.82, 2.24) is 10.6 Å². The summed E-state index contributed by atoms with van der Waals surface area (Å²) in [5.74, 6) is 0.00451. The van der Waals surface area contributed by atoms with Crippen molar-refractivity contribution in [1.29, 1.82) is 0 Å². The number of carbonyl (C=O) groups is 1. The molecule has 1 aliphatic heterocycles. The molecule has 0 radical (unpaired) electrons. The van der Waals surface area contributed by atoms with Crippen molar-refractivity contribution >= 4 is 22.9 Å². The second-order valence-corrected chi connectivity index (χ2v) is 7.44. The van der Waals surface area contributed by atoms with Gasteiger partial charge in [-0.15, -0.1) is 0 Å². The summed E-state index contributed by atoms with van der Waals surface area (Å²) in [5, 5.41) is 14.5. The number of amides is 1. The third kappa shape index (κ3) is 5.09. The maximum Gasteiger partial charge on any atom is 0.221 e. The number of rotatable bonds is 8. The Morgan fingerprint density at radius 2 is 1.81 bits per heavy atom. The number of carbonyl (C=O) groups excluding carboxylic acids is 1. The number of para-hydroxylation sites is 1. The highest BCUT2D eigenvalue weighted by atomic mass is 16.1. The lowest BCUT2D eigenvalue weighted by atomic mass is 9.90. The Bertz CT molecular complexity index is 1010. The Balaban J connectivity index is 2.06. The van der Waals surface area contributed by atoms with E-state index in [2.05, 4.69) is 75.7 Å². The number of hydrogen-bond acceptors (Lipinski definition) is 5. The summed E-state index contributed by atoms with van der Waals surface area (Å²) in [6, 6.07) is 16.7. The average Bonchev–Trinajstić information content (AvgIpc) is 2.79. The molecule has 0 unspecified atom stereocenters. The first-order valence-electron chi connectivity index (χ1n) is 10.7. The monoisotopic (exact) mass is 417 g/mol. The van der Waals surface area contributed by atoms with E-state index in [1.165, 1.54) is 16.7 Å². The fourth-order valence-corrected chi connectivity index (χ4v) is 3.93. The van der Waals surface area contributed by atoms with Gasteiger partial charge in [0.2, 0.25) is 5.91 Å². The first-order chi connectivity index (χ1) is 15.1. The lowest BCUT2D eigenvalue weighted by Gasteiger charge is -2.32. The highest BCUT2D eigenvalue weighted by Gasteiger charge is 2.24. The van der Waals surface area contributed by atoms with Gasteiger partial charge in [-0.2, -0.15) is 10.2 Å². The molecule has 0 spiro atoms. The van der Waals surface area contributed by atoms with Crippen molar-refractivity contribution in [3.63, 3.8) is 0 Å². The fourth-order valence-electron chi connectivity index (χ4n) is 3.93. The average molecular weight is 418 g/mol. The standard InChI is InChI=1S/C25H31N5O/c1-5-20-21-11-7-6-10-19(21)16-30(18(2)14-15-24(31)28-17-26-3)23-13-9-8-12-22(23)25(20)29-27-4/h6-13,26H,2,5,14-17H2,1,3-4H3,(H,28,31)/b25-20+,29-27-. The summed E-state index contributed by atoms with van der Waals surface area (Å²) in [4.78, 5) is 14.3. The molecule has 1 heterocycles. The maximum absolute atomic E-state index is 12.1. The van der Waals surface area contributed by atoms with Crippen molar-refractivity contribution in [2.24, 2.45) is 10.2 Å². The van der Waals surface area contributed by atoms with Gasteiger partial charge in [0.15, 0.2) is 0 Å². The third-order valence-electron chi connectivity index (χ3n) is 5.45. The highest BCUT2D eigenvalue weighted by molar-refractivity contribution is 5.95. The maximum atomic E-state index is 12.1. The Hall–Kier alpha value is -3.25. The van der Waals surface area contributed by atoms with E-state index in [0.717, 1.165) is 29.1 Å². The zero-order chi connectivity index (χ0) is 22.2. The van der Waals surface area contributed by atoms with Crippen LogP contribution < -0.4 is 15.5 Å². The van der Waals surface area contributed by atoms with Crippen LogP contribution in [-0.4, -0.2) is 26.7 Å².